The van der Waals surface area contributed by atoms with Crippen LogP contribution >= 0.6 is 0 Å². The maximum Gasteiger partial charge on any atom is 0.253 e. The number of pyridine rings is 1. The first-order chi connectivity index (χ1) is 11.1. The molecule has 0 saturated carbocycles. The lowest BCUT2D eigenvalue weighted by atomic mass is 10.2. The summed E-state index contributed by atoms with van der Waals surface area (Å²) < 4.78 is 11.8. The number of carbonyl (C=O) groups excluding carboxylic acids is 1. The Morgan fingerprint density at radius 2 is 2.13 bits per heavy atom. The van der Waals surface area contributed by atoms with Gasteiger partial charge in [-0.15, -0.1) is 0 Å². The van der Waals surface area contributed by atoms with E-state index in [0.717, 1.165) is 32.8 Å². The fourth-order valence-corrected chi connectivity index (χ4v) is 2.55. The summed E-state index contributed by atoms with van der Waals surface area (Å²) in [4.78, 5) is 26.3. The van der Waals surface area contributed by atoms with Crippen molar-refractivity contribution in [1.29, 1.82) is 0 Å². The zero-order chi connectivity index (χ0) is 16.7. The van der Waals surface area contributed by atoms with Crippen LogP contribution in [0.25, 0.3) is 0 Å². The van der Waals surface area contributed by atoms with Gasteiger partial charge in [-0.2, -0.15) is 0 Å². The van der Waals surface area contributed by atoms with E-state index in [0.29, 0.717) is 18.7 Å². The van der Waals surface area contributed by atoms with Gasteiger partial charge in [0.2, 0.25) is 0 Å². The number of methoxy groups -OCH3 is 1. The molecular formula is C16H25N3O4. The van der Waals surface area contributed by atoms with Crippen molar-refractivity contribution in [2.45, 2.75) is 19.5 Å². The fourth-order valence-electron chi connectivity index (χ4n) is 2.55. The van der Waals surface area contributed by atoms with Gasteiger partial charge < -0.3 is 19.4 Å². The quantitative estimate of drug-likeness (QED) is 0.761. The van der Waals surface area contributed by atoms with Crippen molar-refractivity contribution in [1.82, 2.24) is 14.8 Å². The predicted octanol–water partition coefficient (Wildman–Crippen LogP) is -0.0548. The molecule has 1 N–H and O–H groups in total. The lowest BCUT2D eigenvalue weighted by Gasteiger charge is -2.29. The van der Waals surface area contributed by atoms with Crippen LogP contribution in [0.3, 0.4) is 0 Å². The average molecular weight is 323 g/mol. The number of hydrogen-bond acceptors (Lipinski definition) is 5. The Morgan fingerprint density at radius 1 is 1.39 bits per heavy atom. The molecule has 0 aliphatic carbocycles. The summed E-state index contributed by atoms with van der Waals surface area (Å²) in [6, 6.07) is 3.00. The summed E-state index contributed by atoms with van der Waals surface area (Å²) in [6.07, 6.45) is 1.58. The SMILES string of the molecule is COCCn1cc(C(=O)NC(C)CN2CCOCC2)ccc1=O. The van der Waals surface area contributed by atoms with Crippen LogP contribution in [0.1, 0.15) is 17.3 Å². The Bertz CT molecular complexity index is 567. The highest BCUT2D eigenvalue weighted by Crippen LogP contribution is 2.01. The van der Waals surface area contributed by atoms with Crippen molar-refractivity contribution in [3.8, 4) is 0 Å². The maximum atomic E-state index is 12.3. The number of aromatic nitrogens is 1. The van der Waals surface area contributed by atoms with E-state index < -0.39 is 0 Å². The second-order valence-electron chi connectivity index (χ2n) is 5.73. The van der Waals surface area contributed by atoms with Gasteiger partial charge in [-0.05, 0) is 13.0 Å². The molecular weight excluding hydrogens is 298 g/mol. The zero-order valence-corrected chi connectivity index (χ0v) is 13.8. The molecule has 0 bridgehead atoms. The van der Waals surface area contributed by atoms with Crippen LogP contribution in [0.5, 0.6) is 0 Å². The summed E-state index contributed by atoms with van der Waals surface area (Å²) in [5, 5.41) is 2.98. The van der Waals surface area contributed by atoms with Crippen molar-refractivity contribution in [2.75, 3.05) is 46.6 Å². The normalized spacial score (nSPS) is 17.0. The van der Waals surface area contributed by atoms with E-state index in [1.165, 1.54) is 10.6 Å². The van der Waals surface area contributed by atoms with Crippen LogP contribution in [-0.4, -0.2) is 68.0 Å². The summed E-state index contributed by atoms with van der Waals surface area (Å²) in [5.74, 6) is -0.170. The number of morpholine rings is 1. The molecule has 1 fully saturated rings. The van der Waals surface area contributed by atoms with Crippen LogP contribution < -0.4 is 10.9 Å². The van der Waals surface area contributed by atoms with Gasteiger partial charge in [0, 0.05) is 51.6 Å². The third kappa shape index (κ3) is 5.46. The van der Waals surface area contributed by atoms with Gasteiger partial charge in [0.1, 0.15) is 0 Å². The Balaban J connectivity index is 1.92. The second-order valence-corrected chi connectivity index (χ2v) is 5.73. The lowest BCUT2D eigenvalue weighted by molar-refractivity contribution is 0.0342. The molecule has 0 aromatic carbocycles. The average Bonchev–Trinajstić information content (AvgIpc) is 2.54. The molecule has 1 aromatic heterocycles. The molecule has 0 spiro atoms. The van der Waals surface area contributed by atoms with E-state index >= 15 is 0 Å². The van der Waals surface area contributed by atoms with Gasteiger partial charge in [0.25, 0.3) is 11.5 Å². The van der Waals surface area contributed by atoms with Crippen LogP contribution in [0.15, 0.2) is 23.1 Å². The summed E-state index contributed by atoms with van der Waals surface area (Å²) in [6.45, 7) is 6.89. The number of hydrogen-bond donors (Lipinski definition) is 1. The molecule has 1 aromatic rings. The Hall–Kier alpha value is -1.70. The number of rotatable bonds is 7. The number of carbonyl (C=O) groups is 1. The number of nitrogens with zero attached hydrogens (tertiary/aromatic N) is 2. The standard InChI is InChI=1S/C16H25N3O4/c1-13(11-18-5-9-23-10-6-18)17-16(21)14-3-4-15(20)19(12-14)7-8-22-2/h3-4,12-13H,5-11H2,1-2H3,(H,17,21). The van der Waals surface area contributed by atoms with Gasteiger partial charge in [-0.25, -0.2) is 0 Å². The van der Waals surface area contributed by atoms with E-state index in [-0.39, 0.29) is 17.5 Å². The van der Waals surface area contributed by atoms with Gasteiger partial charge in [0.05, 0.1) is 25.4 Å². The molecule has 1 atom stereocenters. The Morgan fingerprint density at radius 3 is 2.83 bits per heavy atom. The fraction of sp³-hybridized carbons (Fsp3) is 0.625. The van der Waals surface area contributed by atoms with E-state index in [2.05, 4.69) is 10.2 Å². The highest BCUT2D eigenvalue weighted by atomic mass is 16.5. The summed E-state index contributed by atoms with van der Waals surface area (Å²) in [5.41, 5.74) is 0.342. The second kappa shape index (κ2) is 8.81. The first-order valence-corrected chi connectivity index (χ1v) is 7.90. The van der Waals surface area contributed by atoms with E-state index in [4.69, 9.17) is 9.47 Å². The third-order valence-electron chi connectivity index (χ3n) is 3.80. The molecule has 2 rings (SSSR count). The number of nitrogens with one attached hydrogen (secondary N) is 1. The minimum atomic E-state index is -0.170. The minimum absolute atomic E-state index is 0.0277. The van der Waals surface area contributed by atoms with E-state index in [9.17, 15) is 9.59 Å². The highest BCUT2D eigenvalue weighted by Gasteiger charge is 2.16. The van der Waals surface area contributed by atoms with Crippen LogP contribution in [0.2, 0.25) is 0 Å². The van der Waals surface area contributed by atoms with Gasteiger partial charge in [-0.1, -0.05) is 0 Å². The lowest BCUT2D eigenvalue weighted by Crippen LogP contribution is -2.46. The van der Waals surface area contributed by atoms with Gasteiger partial charge in [0.15, 0.2) is 0 Å². The maximum absolute atomic E-state index is 12.3. The zero-order valence-electron chi connectivity index (χ0n) is 13.8. The molecule has 1 aliphatic rings. The largest absolute Gasteiger partial charge is 0.383 e. The Labute approximate surface area is 136 Å². The van der Waals surface area contributed by atoms with E-state index in [1.807, 2.05) is 6.92 Å². The molecule has 1 amide bonds. The molecule has 128 valence electrons. The molecule has 7 nitrogen and oxygen atoms in total. The van der Waals surface area contributed by atoms with Gasteiger partial charge >= 0.3 is 0 Å². The minimum Gasteiger partial charge on any atom is -0.383 e. The molecule has 7 heteroatoms. The number of ether oxygens (including phenoxy) is 2. The van der Waals surface area contributed by atoms with Crippen molar-refractivity contribution in [3.63, 3.8) is 0 Å². The highest BCUT2D eigenvalue weighted by molar-refractivity contribution is 5.94. The van der Waals surface area contributed by atoms with Crippen molar-refractivity contribution in [2.24, 2.45) is 0 Å². The topological polar surface area (TPSA) is 72.8 Å². The van der Waals surface area contributed by atoms with Crippen LogP contribution in [0, 0.1) is 0 Å². The Kier molecular flexibility index (Phi) is 6.76. The van der Waals surface area contributed by atoms with Gasteiger partial charge in [-0.3, -0.25) is 14.5 Å². The summed E-state index contributed by atoms with van der Waals surface area (Å²) >= 11 is 0. The molecule has 1 unspecified atom stereocenters. The van der Waals surface area contributed by atoms with Crippen LogP contribution in [-0.2, 0) is 16.0 Å². The molecule has 1 aliphatic heterocycles. The van der Waals surface area contributed by atoms with E-state index in [1.54, 1.807) is 19.4 Å². The molecule has 0 radical (unpaired) electrons. The molecule has 1 saturated heterocycles. The molecule has 23 heavy (non-hydrogen) atoms. The number of amides is 1. The molecule has 2 heterocycles. The van der Waals surface area contributed by atoms with Crippen molar-refractivity contribution >= 4 is 5.91 Å². The first-order valence-electron chi connectivity index (χ1n) is 7.90. The van der Waals surface area contributed by atoms with Crippen molar-refractivity contribution < 1.29 is 14.3 Å². The first kappa shape index (κ1) is 17.7. The third-order valence-corrected chi connectivity index (χ3v) is 3.80. The smallest absolute Gasteiger partial charge is 0.253 e. The predicted molar refractivity (Wildman–Crippen MR) is 86.8 cm³/mol. The summed E-state index contributed by atoms with van der Waals surface area (Å²) in [7, 11) is 1.58. The van der Waals surface area contributed by atoms with Crippen LogP contribution in [0.4, 0.5) is 0 Å². The monoisotopic (exact) mass is 323 g/mol. The van der Waals surface area contributed by atoms with Crippen molar-refractivity contribution in [3.05, 3.63) is 34.2 Å².